The minimum atomic E-state index is -5.94. The van der Waals surface area contributed by atoms with Gasteiger partial charge in [-0.15, -0.1) is 0 Å². The number of aliphatic hydroxyl groups excluding tert-OH is 2. The molecule has 0 saturated carbocycles. The molecule has 0 bridgehead atoms. The van der Waals surface area contributed by atoms with E-state index in [1.165, 1.54) is 0 Å². The zero-order chi connectivity index (χ0) is 24.2. The molecule has 0 aromatic rings. The quantitative estimate of drug-likeness (QED) is 0.0614. The van der Waals surface area contributed by atoms with Crippen LogP contribution in [0.5, 0.6) is 0 Å². The average molecular weight is 598 g/mol. The third-order valence-corrected chi connectivity index (χ3v) is 2.79. The molecule has 15 heteroatoms. The summed E-state index contributed by atoms with van der Waals surface area (Å²) in [7, 11) is 3.25. The second-order valence-corrected chi connectivity index (χ2v) is 7.55. The number of aldehydes is 1. The number of halogens is 1. The smallest absolute Gasteiger partial charge is 0.394 e. The molecule has 1 atom stereocenters. The maximum Gasteiger partial charge on any atom is 1.00 e. The van der Waals surface area contributed by atoms with Gasteiger partial charge in [-0.05, 0) is 6.42 Å². The molecular weight excluding hydrogens is 562 g/mol. The Morgan fingerprint density at radius 1 is 0.750 bits per heavy atom. The first-order valence-electron chi connectivity index (χ1n) is 9.36. The minimum Gasteiger partial charge on any atom is -0.394 e. The Hall–Kier alpha value is 0.920. The molecule has 2 N–H and O–H groups in total. The molecule has 13 nitrogen and oxygen atoms in total. The molecule has 0 radical (unpaired) electrons. The van der Waals surface area contributed by atoms with Crippen LogP contribution >= 0.6 is 0 Å². The monoisotopic (exact) mass is 598 g/mol. The van der Waals surface area contributed by atoms with Crippen molar-refractivity contribution in [2.45, 2.75) is 18.9 Å². The molecule has 0 aromatic heterocycles. The fourth-order valence-electron chi connectivity index (χ4n) is 1.37. The van der Waals surface area contributed by atoms with Crippen LogP contribution in [0.25, 0.3) is 0 Å². The Bertz CT molecular complexity index is 332. The van der Waals surface area contributed by atoms with Gasteiger partial charge in [0.15, 0.2) is 0 Å². The van der Waals surface area contributed by atoms with Gasteiger partial charge in [-0.2, -0.15) is 0 Å². The summed E-state index contributed by atoms with van der Waals surface area (Å²) >= 11 is -5.94. The number of hydrogen-bond donors (Lipinski definition) is 2. The summed E-state index contributed by atoms with van der Waals surface area (Å²) < 4.78 is 64.5. The maximum absolute atomic E-state index is 9.85. The van der Waals surface area contributed by atoms with Crippen molar-refractivity contribution in [2.24, 2.45) is 0 Å². The first-order chi connectivity index (χ1) is 14.7. The molecule has 0 rings (SSSR count). The van der Waals surface area contributed by atoms with Crippen LogP contribution in [0, 0.1) is 0 Å². The Morgan fingerprint density at radius 2 is 1.09 bits per heavy atom. The molecule has 0 saturated heterocycles. The zero-order valence-electron chi connectivity index (χ0n) is 19.1. The molecule has 0 aromatic carbocycles. The van der Waals surface area contributed by atoms with Crippen LogP contribution in [-0.2, 0) is 33.2 Å². The normalized spacial score (nSPS) is 11.4. The topological polar surface area (TPSA) is 205 Å². The predicted molar refractivity (Wildman–Crippen MR) is 95.4 cm³/mol. The van der Waals surface area contributed by atoms with E-state index in [1.807, 2.05) is 0 Å². The third-order valence-electron chi connectivity index (χ3n) is 2.79. The molecule has 190 valence electrons. The van der Waals surface area contributed by atoms with Gasteiger partial charge >= 0.3 is 29.6 Å². The van der Waals surface area contributed by atoms with Gasteiger partial charge < -0.3 is 43.4 Å². The summed E-state index contributed by atoms with van der Waals surface area (Å²) in [5.74, 6) is 0. The van der Waals surface area contributed by atoms with Crippen molar-refractivity contribution >= 4 is 6.29 Å². The van der Waals surface area contributed by atoms with E-state index in [4.69, 9.17) is 52.4 Å². The van der Waals surface area contributed by atoms with Gasteiger partial charge in [-0.25, -0.2) is 0 Å². The van der Waals surface area contributed by atoms with Gasteiger partial charge in [0.2, 0.25) is 0 Å². The van der Waals surface area contributed by atoms with Gasteiger partial charge in [0.25, 0.3) is 0 Å². The van der Waals surface area contributed by atoms with E-state index in [9.17, 15) is 4.79 Å². The number of methoxy groups -OCH3 is 2. The van der Waals surface area contributed by atoms with Crippen molar-refractivity contribution in [3.05, 3.63) is 0 Å². The van der Waals surface area contributed by atoms with Crippen LogP contribution < -0.4 is 63.4 Å². The molecule has 32 heavy (non-hydrogen) atoms. The number of hydrogen-bond acceptors (Lipinski definition) is 13. The van der Waals surface area contributed by atoms with Gasteiger partial charge in [0, 0.05) is 27.2 Å². The number of rotatable bonds is 19. The SMILES string of the molecule is COCCOCCOCCC(O)CO.COCCOCCOCCC=O.[Na+].[O-][I+3]([O-])([O-])[O-]. The van der Waals surface area contributed by atoms with E-state index in [-0.39, 0.29) is 36.2 Å². The van der Waals surface area contributed by atoms with Crippen LogP contribution in [0.3, 0.4) is 0 Å². The summed E-state index contributed by atoms with van der Waals surface area (Å²) in [6, 6.07) is 0. The van der Waals surface area contributed by atoms with Gasteiger partial charge in [-0.3, -0.25) is 13.7 Å². The fourth-order valence-corrected chi connectivity index (χ4v) is 1.37. The van der Waals surface area contributed by atoms with Gasteiger partial charge in [-0.1, -0.05) is 0 Å². The first-order valence-corrected chi connectivity index (χ1v) is 12.9. The number of carbonyl (C=O) groups excluding carboxylic acids is 1. The molecule has 0 fully saturated rings. The molecule has 0 aliphatic rings. The molecule has 0 heterocycles. The zero-order valence-corrected chi connectivity index (χ0v) is 23.3. The third kappa shape index (κ3) is 57.6. The molecule has 0 aliphatic heterocycles. The van der Waals surface area contributed by atoms with Crippen molar-refractivity contribution in [3.63, 3.8) is 0 Å². The van der Waals surface area contributed by atoms with Crippen LogP contribution in [-0.4, -0.2) is 109 Å². The fraction of sp³-hybridized carbons (Fsp3) is 0.941. The largest absolute Gasteiger partial charge is 1.00 e. The van der Waals surface area contributed by atoms with E-state index in [0.717, 1.165) is 6.29 Å². The second-order valence-electron chi connectivity index (χ2n) is 5.39. The maximum atomic E-state index is 9.85. The average Bonchev–Trinajstić information content (AvgIpc) is 2.71. The van der Waals surface area contributed by atoms with Crippen molar-refractivity contribution in [1.29, 1.82) is 0 Å². The van der Waals surface area contributed by atoms with Crippen LogP contribution in [0.1, 0.15) is 12.8 Å². The van der Waals surface area contributed by atoms with Crippen LogP contribution in [0.4, 0.5) is 0 Å². The second kappa shape index (κ2) is 34.1. The standard InChI is InChI=1S/C9H20O5.C8H16O4.IO4.Na/c1-12-4-5-14-7-6-13-3-2-9(11)8-10;1-10-5-6-12-8-7-11-4-2-3-9;2-1(3,4)5;/h9-11H,2-8H2,1H3;3H,2,4-8H2,1H3;;/q;;-1;+1. The summed E-state index contributed by atoms with van der Waals surface area (Å²) in [4.78, 5) is 9.85. The molecule has 0 spiro atoms. The Morgan fingerprint density at radius 3 is 1.44 bits per heavy atom. The summed E-state index contributed by atoms with van der Waals surface area (Å²) in [5.41, 5.74) is 0. The Labute approximate surface area is 217 Å². The van der Waals surface area contributed by atoms with Crippen molar-refractivity contribution in [3.8, 4) is 0 Å². The summed E-state index contributed by atoms with van der Waals surface area (Å²) in [6.07, 6.45) is 1.07. The van der Waals surface area contributed by atoms with Gasteiger partial charge in [0.05, 0.1) is 72.2 Å². The van der Waals surface area contributed by atoms with Crippen LogP contribution in [0.2, 0.25) is 0 Å². The predicted octanol–water partition coefficient (Wildman–Crippen LogP) is -11.1. The molecule has 0 amide bonds. The number of ether oxygens (including phenoxy) is 6. The van der Waals surface area contributed by atoms with Crippen molar-refractivity contribution in [2.75, 3.05) is 86.9 Å². The minimum absolute atomic E-state index is 0. The van der Waals surface area contributed by atoms with E-state index < -0.39 is 26.2 Å². The van der Waals surface area contributed by atoms with E-state index in [2.05, 4.69) is 0 Å². The first kappa shape index (κ1) is 40.1. The summed E-state index contributed by atoms with van der Waals surface area (Å²) in [6.45, 7) is 5.19. The Kier molecular flexibility index (Phi) is 42.7. The summed E-state index contributed by atoms with van der Waals surface area (Å²) in [5, 5.41) is 17.4. The van der Waals surface area contributed by atoms with Crippen molar-refractivity contribution < 1.29 is 107 Å². The van der Waals surface area contributed by atoms with Crippen LogP contribution in [0.15, 0.2) is 0 Å². The number of carbonyl (C=O) groups is 1. The number of aliphatic hydroxyl groups is 2. The van der Waals surface area contributed by atoms with E-state index in [1.54, 1.807) is 14.2 Å². The molecule has 1 unspecified atom stereocenters. The van der Waals surface area contributed by atoms with Crippen molar-refractivity contribution in [1.82, 2.24) is 0 Å². The molecule has 0 aliphatic carbocycles. The van der Waals surface area contributed by atoms with E-state index >= 15 is 0 Å². The van der Waals surface area contributed by atoms with E-state index in [0.29, 0.717) is 78.9 Å². The molecular formula is C17H36INaO13. The Balaban J connectivity index is -0.000000199. The van der Waals surface area contributed by atoms with Gasteiger partial charge in [0.1, 0.15) is 26.4 Å².